The molecule has 3 heteroatoms. The molecule has 1 aliphatic carbocycles. The highest BCUT2D eigenvalue weighted by Crippen LogP contribution is 2.39. The molecule has 3 unspecified atom stereocenters. The van der Waals surface area contributed by atoms with Crippen molar-refractivity contribution in [1.82, 2.24) is 5.32 Å². The minimum Gasteiger partial charge on any atom is -0.310 e. The van der Waals surface area contributed by atoms with Crippen LogP contribution in [0.25, 0.3) is 0 Å². The van der Waals surface area contributed by atoms with Gasteiger partial charge in [0.25, 0.3) is 0 Å². The van der Waals surface area contributed by atoms with E-state index in [1.54, 1.807) is 12.1 Å². The topological polar surface area (TPSA) is 12.0 Å². The third-order valence-electron chi connectivity index (χ3n) is 4.14. The van der Waals surface area contributed by atoms with Crippen LogP contribution >= 0.6 is 0 Å². The molecule has 3 atom stereocenters. The van der Waals surface area contributed by atoms with Crippen LogP contribution in [0.4, 0.5) is 8.78 Å². The molecule has 1 N–H and O–H groups in total. The Bertz CT molecular complexity index is 419. The standard InChI is InChI=1S/C16H23F2N/c1-3-9-19-16(12-8-7-11(2)10-12)13-5-4-6-14(17)15(13)18/h4-6,11-12,16,19H,3,7-10H2,1-2H3. The number of hydrogen-bond acceptors (Lipinski definition) is 1. The lowest BCUT2D eigenvalue weighted by Crippen LogP contribution is -2.29. The Kier molecular flexibility index (Phi) is 4.92. The van der Waals surface area contributed by atoms with Gasteiger partial charge in [0.05, 0.1) is 0 Å². The molecule has 0 aromatic heterocycles. The molecule has 0 heterocycles. The number of halogens is 2. The van der Waals surface area contributed by atoms with E-state index in [1.165, 1.54) is 12.5 Å². The third-order valence-corrected chi connectivity index (χ3v) is 4.14. The maximum atomic E-state index is 14.0. The number of hydrogen-bond donors (Lipinski definition) is 1. The van der Waals surface area contributed by atoms with E-state index >= 15 is 0 Å². The normalized spacial score (nSPS) is 24.6. The van der Waals surface area contributed by atoms with Crippen molar-refractivity contribution in [1.29, 1.82) is 0 Å². The molecule has 0 aliphatic heterocycles. The Morgan fingerprint density at radius 1 is 1.32 bits per heavy atom. The zero-order chi connectivity index (χ0) is 13.8. The van der Waals surface area contributed by atoms with E-state index in [0.29, 0.717) is 17.4 Å². The zero-order valence-corrected chi connectivity index (χ0v) is 11.8. The van der Waals surface area contributed by atoms with E-state index < -0.39 is 11.6 Å². The predicted molar refractivity (Wildman–Crippen MR) is 73.9 cm³/mol. The second-order valence-corrected chi connectivity index (χ2v) is 5.75. The molecular formula is C16H23F2N. The summed E-state index contributed by atoms with van der Waals surface area (Å²) in [4.78, 5) is 0. The number of nitrogens with one attached hydrogen (secondary N) is 1. The van der Waals surface area contributed by atoms with Crippen molar-refractivity contribution < 1.29 is 8.78 Å². The highest BCUT2D eigenvalue weighted by molar-refractivity contribution is 5.23. The van der Waals surface area contributed by atoms with Gasteiger partial charge in [-0.25, -0.2) is 8.78 Å². The smallest absolute Gasteiger partial charge is 0.163 e. The van der Waals surface area contributed by atoms with Crippen LogP contribution in [-0.4, -0.2) is 6.54 Å². The lowest BCUT2D eigenvalue weighted by atomic mass is 9.90. The van der Waals surface area contributed by atoms with Crippen LogP contribution in [0.1, 0.15) is 51.1 Å². The van der Waals surface area contributed by atoms with Gasteiger partial charge in [-0.15, -0.1) is 0 Å². The van der Waals surface area contributed by atoms with E-state index in [-0.39, 0.29) is 6.04 Å². The van der Waals surface area contributed by atoms with Gasteiger partial charge in [-0.1, -0.05) is 32.4 Å². The Labute approximate surface area is 114 Å². The molecule has 19 heavy (non-hydrogen) atoms. The molecular weight excluding hydrogens is 244 g/mol. The maximum Gasteiger partial charge on any atom is 0.163 e. The third kappa shape index (κ3) is 3.33. The first-order valence-electron chi connectivity index (χ1n) is 7.30. The summed E-state index contributed by atoms with van der Waals surface area (Å²) in [7, 11) is 0. The van der Waals surface area contributed by atoms with Gasteiger partial charge in [-0.3, -0.25) is 0 Å². The highest BCUT2D eigenvalue weighted by atomic mass is 19.2. The Morgan fingerprint density at radius 2 is 2.11 bits per heavy atom. The Morgan fingerprint density at radius 3 is 2.74 bits per heavy atom. The van der Waals surface area contributed by atoms with E-state index in [4.69, 9.17) is 0 Å². The molecule has 2 rings (SSSR count). The van der Waals surface area contributed by atoms with E-state index in [2.05, 4.69) is 19.2 Å². The first-order valence-corrected chi connectivity index (χ1v) is 7.30. The summed E-state index contributed by atoms with van der Waals surface area (Å²) in [5.41, 5.74) is 0.493. The summed E-state index contributed by atoms with van der Waals surface area (Å²) in [6.45, 7) is 5.16. The van der Waals surface area contributed by atoms with E-state index in [9.17, 15) is 8.78 Å². The number of rotatable bonds is 5. The lowest BCUT2D eigenvalue weighted by Gasteiger charge is -2.26. The van der Waals surface area contributed by atoms with E-state index in [1.807, 2.05) is 0 Å². The van der Waals surface area contributed by atoms with Gasteiger partial charge in [-0.2, -0.15) is 0 Å². The fraction of sp³-hybridized carbons (Fsp3) is 0.625. The van der Waals surface area contributed by atoms with Crippen LogP contribution in [0.3, 0.4) is 0 Å². The summed E-state index contributed by atoms with van der Waals surface area (Å²) in [5, 5.41) is 3.41. The molecule has 106 valence electrons. The molecule has 1 nitrogen and oxygen atoms in total. The van der Waals surface area contributed by atoms with Crippen molar-refractivity contribution in [3.63, 3.8) is 0 Å². The molecule has 1 fully saturated rings. The van der Waals surface area contributed by atoms with Gasteiger partial charge in [0, 0.05) is 11.6 Å². The SMILES string of the molecule is CCCNC(c1cccc(F)c1F)C1CCC(C)C1. The van der Waals surface area contributed by atoms with Crippen LogP contribution < -0.4 is 5.32 Å². The molecule has 0 bridgehead atoms. The first-order chi connectivity index (χ1) is 9.13. The Hall–Kier alpha value is -0.960. The maximum absolute atomic E-state index is 14.0. The summed E-state index contributed by atoms with van der Waals surface area (Å²) >= 11 is 0. The average Bonchev–Trinajstić information content (AvgIpc) is 2.81. The van der Waals surface area contributed by atoms with Crippen LogP contribution in [0.15, 0.2) is 18.2 Å². The van der Waals surface area contributed by atoms with Crippen LogP contribution in [0.2, 0.25) is 0 Å². The monoisotopic (exact) mass is 267 g/mol. The predicted octanol–water partition coefficient (Wildman–Crippen LogP) is 4.44. The van der Waals surface area contributed by atoms with Crippen molar-refractivity contribution in [2.75, 3.05) is 6.54 Å². The Balaban J connectivity index is 2.23. The second kappa shape index (κ2) is 6.47. The van der Waals surface area contributed by atoms with Gasteiger partial charge in [0.1, 0.15) is 0 Å². The minimum atomic E-state index is -0.744. The molecule has 1 saturated carbocycles. The molecule has 1 aliphatic rings. The van der Waals surface area contributed by atoms with Gasteiger partial charge in [0.15, 0.2) is 11.6 Å². The van der Waals surface area contributed by atoms with Crippen molar-refractivity contribution in [2.45, 2.75) is 45.6 Å². The van der Waals surface area contributed by atoms with Gasteiger partial charge >= 0.3 is 0 Å². The minimum absolute atomic E-state index is 0.0550. The molecule has 0 saturated heterocycles. The molecule has 0 spiro atoms. The van der Waals surface area contributed by atoms with Crippen molar-refractivity contribution >= 4 is 0 Å². The van der Waals surface area contributed by atoms with Gasteiger partial charge < -0.3 is 5.32 Å². The summed E-state index contributed by atoms with van der Waals surface area (Å²) in [5.74, 6) is -0.326. The summed E-state index contributed by atoms with van der Waals surface area (Å²) < 4.78 is 27.4. The van der Waals surface area contributed by atoms with Crippen molar-refractivity contribution in [2.24, 2.45) is 11.8 Å². The summed E-state index contributed by atoms with van der Waals surface area (Å²) in [6.07, 6.45) is 4.37. The largest absolute Gasteiger partial charge is 0.310 e. The van der Waals surface area contributed by atoms with E-state index in [0.717, 1.165) is 25.8 Å². The fourth-order valence-electron chi connectivity index (χ4n) is 3.14. The lowest BCUT2D eigenvalue weighted by molar-refractivity contribution is 0.344. The van der Waals surface area contributed by atoms with Gasteiger partial charge in [0.2, 0.25) is 0 Å². The van der Waals surface area contributed by atoms with Crippen LogP contribution in [0.5, 0.6) is 0 Å². The van der Waals surface area contributed by atoms with Crippen LogP contribution in [0, 0.1) is 23.5 Å². The molecule has 0 amide bonds. The average molecular weight is 267 g/mol. The first kappa shape index (κ1) is 14.4. The molecule has 0 radical (unpaired) electrons. The second-order valence-electron chi connectivity index (χ2n) is 5.75. The molecule has 1 aromatic carbocycles. The van der Waals surface area contributed by atoms with Gasteiger partial charge in [-0.05, 0) is 43.7 Å². The number of benzene rings is 1. The highest BCUT2D eigenvalue weighted by Gasteiger charge is 2.31. The van der Waals surface area contributed by atoms with Crippen molar-refractivity contribution in [3.8, 4) is 0 Å². The quantitative estimate of drug-likeness (QED) is 0.831. The fourth-order valence-corrected chi connectivity index (χ4v) is 3.14. The summed E-state index contributed by atoms with van der Waals surface area (Å²) in [6, 6.07) is 4.45. The van der Waals surface area contributed by atoms with Crippen LogP contribution in [-0.2, 0) is 0 Å². The van der Waals surface area contributed by atoms with Crippen molar-refractivity contribution in [3.05, 3.63) is 35.4 Å². The zero-order valence-electron chi connectivity index (χ0n) is 11.8. The molecule has 1 aromatic rings.